The number of carbonyl (C=O) groups is 3. The van der Waals surface area contributed by atoms with Crippen molar-refractivity contribution >= 4 is 40.1 Å². The number of anilines is 2. The van der Waals surface area contributed by atoms with Crippen LogP contribution in [-0.4, -0.2) is 41.6 Å². The third-order valence-corrected chi connectivity index (χ3v) is 9.38. The number of fused-ring (bicyclic) bond motifs is 6. The van der Waals surface area contributed by atoms with E-state index in [1.165, 1.54) is 31.4 Å². The topological polar surface area (TPSA) is 119 Å². The number of nitro groups is 1. The average molecular weight is 600 g/mol. The fourth-order valence-corrected chi connectivity index (χ4v) is 7.45. The first kappa shape index (κ1) is 28.2. The van der Waals surface area contributed by atoms with Gasteiger partial charge in [0.2, 0.25) is 5.91 Å². The van der Waals surface area contributed by atoms with Crippen molar-refractivity contribution in [2.45, 2.75) is 31.3 Å². The maximum Gasteiger partial charge on any atom is 0.270 e. The highest BCUT2D eigenvalue weighted by molar-refractivity contribution is 6.18. The number of ketones is 2. The van der Waals surface area contributed by atoms with Crippen LogP contribution >= 0.6 is 0 Å². The number of nitrogens with zero attached hydrogens (tertiary/aromatic N) is 2. The summed E-state index contributed by atoms with van der Waals surface area (Å²) in [5, 5.41) is 14.7. The molecule has 1 spiro atoms. The Morgan fingerprint density at radius 2 is 1.64 bits per heavy atom. The largest absolute Gasteiger partial charge is 0.497 e. The number of methoxy groups -OCH3 is 1. The molecule has 3 aliphatic rings. The number of aryl methyl sites for hydroxylation is 1. The van der Waals surface area contributed by atoms with Gasteiger partial charge in [0.25, 0.3) is 5.69 Å². The molecule has 3 heterocycles. The number of allylic oxidation sites excluding steroid dienone is 1. The molecule has 9 nitrogen and oxygen atoms in total. The summed E-state index contributed by atoms with van der Waals surface area (Å²) in [7, 11) is 1.51. The molecule has 0 radical (unpaired) electrons. The van der Waals surface area contributed by atoms with Crippen LogP contribution in [0.4, 0.5) is 17.1 Å². The van der Waals surface area contributed by atoms with Crippen molar-refractivity contribution in [3.05, 3.63) is 135 Å². The molecule has 0 bridgehead atoms. The summed E-state index contributed by atoms with van der Waals surface area (Å²) in [6.45, 7) is 3.95. The Morgan fingerprint density at radius 1 is 0.911 bits per heavy atom. The van der Waals surface area contributed by atoms with Gasteiger partial charge < -0.3 is 15.0 Å². The number of hydrogen-bond donors (Lipinski definition) is 1. The second-order valence-electron chi connectivity index (χ2n) is 11.8. The molecule has 0 unspecified atom stereocenters. The Morgan fingerprint density at radius 3 is 2.40 bits per heavy atom. The van der Waals surface area contributed by atoms with Gasteiger partial charge in [-0.15, -0.1) is 0 Å². The predicted molar refractivity (Wildman–Crippen MR) is 170 cm³/mol. The molecule has 45 heavy (non-hydrogen) atoms. The predicted octanol–water partition coefficient (Wildman–Crippen LogP) is 6.16. The van der Waals surface area contributed by atoms with Gasteiger partial charge in [-0.05, 0) is 55.3 Å². The Bertz CT molecular complexity index is 1980. The first-order valence-electron chi connectivity index (χ1n) is 14.6. The summed E-state index contributed by atoms with van der Waals surface area (Å²) >= 11 is 0. The summed E-state index contributed by atoms with van der Waals surface area (Å²) in [6.07, 6.45) is 1.98. The van der Waals surface area contributed by atoms with Gasteiger partial charge in [-0.1, -0.05) is 60.2 Å². The maximum absolute atomic E-state index is 15.0. The van der Waals surface area contributed by atoms with Gasteiger partial charge in [0, 0.05) is 40.2 Å². The molecule has 1 fully saturated rings. The van der Waals surface area contributed by atoms with Crippen LogP contribution in [0.15, 0.2) is 97.1 Å². The van der Waals surface area contributed by atoms with Gasteiger partial charge in [-0.3, -0.25) is 24.5 Å². The molecule has 1 N–H and O–H groups in total. The van der Waals surface area contributed by atoms with Crippen LogP contribution in [0.2, 0.25) is 0 Å². The number of carbonyl (C=O) groups excluding carboxylic acids is 3. The van der Waals surface area contributed by atoms with Gasteiger partial charge in [-0.2, -0.15) is 0 Å². The fourth-order valence-electron chi connectivity index (χ4n) is 7.45. The highest BCUT2D eigenvalue weighted by atomic mass is 16.6. The molecular weight excluding hydrogens is 570 g/mol. The monoisotopic (exact) mass is 599 g/mol. The van der Waals surface area contributed by atoms with E-state index in [9.17, 15) is 24.5 Å². The minimum absolute atomic E-state index is 0.0545. The molecule has 224 valence electrons. The third-order valence-electron chi connectivity index (χ3n) is 9.38. The number of ether oxygens (including phenoxy) is 1. The first-order valence-corrected chi connectivity index (χ1v) is 14.6. The van der Waals surface area contributed by atoms with E-state index >= 15 is 0 Å². The second kappa shape index (κ2) is 10.3. The van der Waals surface area contributed by atoms with Crippen molar-refractivity contribution in [1.82, 2.24) is 0 Å². The van der Waals surface area contributed by atoms with E-state index in [1.54, 1.807) is 36.4 Å². The lowest BCUT2D eigenvalue weighted by molar-refractivity contribution is -0.384. The normalized spacial score (nSPS) is 22.6. The van der Waals surface area contributed by atoms with Crippen LogP contribution in [0.25, 0.3) is 5.57 Å². The Kier molecular flexibility index (Phi) is 6.43. The van der Waals surface area contributed by atoms with Crippen LogP contribution in [0.1, 0.15) is 44.3 Å². The van der Waals surface area contributed by atoms with Crippen LogP contribution in [0, 0.1) is 23.0 Å². The second-order valence-corrected chi connectivity index (χ2v) is 11.8. The average Bonchev–Trinajstić information content (AvgIpc) is 3.52. The van der Waals surface area contributed by atoms with Gasteiger partial charge in [0.05, 0.1) is 24.0 Å². The van der Waals surface area contributed by atoms with Gasteiger partial charge in [0.15, 0.2) is 11.6 Å². The smallest absolute Gasteiger partial charge is 0.270 e. The zero-order valence-corrected chi connectivity index (χ0v) is 24.8. The zero-order valence-electron chi connectivity index (χ0n) is 24.8. The summed E-state index contributed by atoms with van der Waals surface area (Å²) in [6, 6.07) is 23.5. The Balaban J connectivity index is 1.55. The maximum atomic E-state index is 15.0. The lowest BCUT2D eigenvalue weighted by Crippen LogP contribution is -2.51. The molecule has 4 atom stereocenters. The van der Waals surface area contributed by atoms with E-state index in [-0.39, 0.29) is 17.0 Å². The van der Waals surface area contributed by atoms with Crippen molar-refractivity contribution in [2.24, 2.45) is 5.92 Å². The Hall–Kier alpha value is -5.57. The van der Waals surface area contributed by atoms with E-state index in [0.29, 0.717) is 22.6 Å². The van der Waals surface area contributed by atoms with E-state index in [2.05, 4.69) is 5.32 Å². The zero-order chi connectivity index (χ0) is 31.6. The molecule has 4 aromatic carbocycles. The van der Waals surface area contributed by atoms with E-state index < -0.39 is 40.0 Å². The SMILES string of the molecule is COc1cccc(C(=O)[C@@H]2[C@H](C(=O)c3cccc([N+](=O)[O-])c3)[C@@]3(C(=O)Nc4ccccc43)[C@H]3C=C(C)c4cc(C)ccc4N23)c1. The molecule has 1 amide bonds. The number of benzene rings is 4. The number of para-hydroxylation sites is 1. The summed E-state index contributed by atoms with van der Waals surface area (Å²) in [4.78, 5) is 57.5. The first-order chi connectivity index (χ1) is 21.7. The molecule has 1 saturated heterocycles. The van der Waals surface area contributed by atoms with Crippen LogP contribution in [-0.2, 0) is 10.2 Å². The molecule has 7 rings (SSSR count). The van der Waals surface area contributed by atoms with Crippen LogP contribution in [0.5, 0.6) is 5.75 Å². The molecule has 9 heteroatoms. The third kappa shape index (κ3) is 4.03. The molecular formula is C36H29N3O6. The minimum Gasteiger partial charge on any atom is -0.497 e. The lowest BCUT2D eigenvalue weighted by Gasteiger charge is -2.39. The highest BCUT2D eigenvalue weighted by Crippen LogP contribution is 2.59. The van der Waals surface area contributed by atoms with E-state index in [4.69, 9.17) is 4.74 Å². The highest BCUT2D eigenvalue weighted by Gasteiger charge is 2.70. The van der Waals surface area contributed by atoms with Crippen LogP contribution in [0.3, 0.4) is 0 Å². The molecule has 3 aliphatic heterocycles. The number of nitro benzene ring substituents is 1. The number of rotatable bonds is 6. The van der Waals surface area contributed by atoms with Gasteiger partial charge >= 0.3 is 0 Å². The van der Waals surface area contributed by atoms with Crippen LogP contribution < -0.4 is 15.0 Å². The fraction of sp³-hybridized carbons (Fsp3) is 0.194. The summed E-state index contributed by atoms with van der Waals surface area (Å²) < 4.78 is 5.42. The van der Waals surface area contributed by atoms with E-state index in [0.717, 1.165) is 22.4 Å². The quantitative estimate of drug-likeness (QED) is 0.160. The number of non-ortho nitro benzene ring substituents is 1. The van der Waals surface area contributed by atoms with Gasteiger partial charge in [0.1, 0.15) is 17.2 Å². The van der Waals surface area contributed by atoms with Crippen molar-refractivity contribution in [3.63, 3.8) is 0 Å². The molecule has 0 aromatic heterocycles. The van der Waals surface area contributed by atoms with Crippen molar-refractivity contribution in [1.29, 1.82) is 0 Å². The number of nitrogens with one attached hydrogen (secondary N) is 1. The lowest BCUT2D eigenvalue weighted by atomic mass is 9.64. The molecule has 4 aromatic rings. The van der Waals surface area contributed by atoms with Crippen molar-refractivity contribution < 1.29 is 24.0 Å². The Labute approximate surface area is 259 Å². The van der Waals surface area contributed by atoms with Gasteiger partial charge in [-0.25, -0.2) is 0 Å². The summed E-state index contributed by atoms with van der Waals surface area (Å²) in [5.74, 6) is -2.07. The number of hydrogen-bond acceptors (Lipinski definition) is 7. The van der Waals surface area contributed by atoms with Crippen molar-refractivity contribution in [3.8, 4) is 5.75 Å². The minimum atomic E-state index is -1.53. The molecule has 0 saturated carbocycles. The van der Waals surface area contributed by atoms with Crippen molar-refractivity contribution in [2.75, 3.05) is 17.3 Å². The number of amides is 1. The van der Waals surface area contributed by atoms with E-state index in [1.807, 2.05) is 55.2 Å². The molecule has 0 aliphatic carbocycles. The standard InChI is InChI=1S/C36H29N3O6/c1-20-14-15-29-26(16-20)21(2)17-30-36(27-12-4-5-13-28(27)37-35(36)42)31(33(40)22-8-6-10-24(18-22)39(43)44)32(38(29)30)34(41)23-9-7-11-25(19-23)45-3/h4-19,30-32H,1-3H3,(H,37,42)/t30-,31-,32+,36+/m1/s1. The summed E-state index contributed by atoms with van der Waals surface area (Å²) in [5.41, 5.74) is 3.34. The number of Topliss-reactive ketones (excluding diaryl/α,β-unsaturated/α-hetero) is 2.